The Morgan fingerprint density at radius 2 is 2.00 bits per heavy atom. The minimum atomic E-state index is 0.870. The van der Waals surface area contributed by atoms with E-state index in [1.54, 1.807) is 11.3 Å². The summed E-state index contributed by atoms with van der Waals surface area (Å²) in [6.45, 7) is 8.25. The molecule has 0 spiro atoms. The molecule has 3 nitrogen and oxygen atoms in total. The summed E-state index contributed by atoms with van der Waals surface area (Å²) in [6.07, 6.45) is 3.24. The first-order chi connectivity index (χ1) is 10.1. The van der Waals surface area contributed by atoms with Gasteiger partial charge in [-0.25, -0.2) is 4.98 Å². The van der Waals surface area contributed by atoms with E-state index in [1.807, 2.05) is 0 Å². The van der Waals surface area contributed by atoms with Crippen LogP contribution < -0.4 is 5.32 Å². The standard InChI is InChI=1S/C17H21N3S/c1-12-6-4-5-7-15(12)8-9-18-10-16-14(3)19-17-20(16)11-13(2)21-17/h4-7,11,18H,8-10H2,1-3H3. The maximum Gasteiger partial charge on any atom is 0.194 e. The van der Waals surface area contributed by atoms with Gasteiger partial charge in [0.15, 0.2) is 4.96 Å². The molecule has 1 aromatic carbocycles. The lowest BCUT2D eigenvalue weighted by Gasteiger charge is -2.07. The summed E-state index contributed by atoms with van der Waals surface area (Å²) in [5.74, 6) is 0. The molecule has 0 amide bonds. The number of nitrogens with one attached hydrogen (secondary N) is 1. The SMILES string of the molecule is Cc1cn2c(CNCCc3ccccc3C)c(C)nc2s1. The second-order valence-corrected chi connectivity index (χ2v) is 6.70. The second-order valence-electron chi connectivity index (χ2n) is 5.49. The van der Waals surface area contributed by atoms with Crippen LogP contribution in [0.4, 0.5) is 0 Å². The smallest absolute Gasteiger partial charge is 0.194 e. The molecule has 21 heavy (non-hydrogen) atoms. The first-order valence-corrected chi connectivity index (χ1v) is 8.16. The Morgan fingerprint density at radius 1 is 1.19 bits per heavy atom. The predicted molar refractivity (Wildman–Crippen MR) is 89.1 cm³/mol. The zero-order chi connectivity index (χ0) is 14.8. The van der Waals surface area contributed by atoms with Crippen LogP contribution in [-0.4, -0.2) is 15.9 Å². The van der Waals surface area contributed by atoms with Gasteiger partial charge >= 0.3 is 0 Å². The van der Waals surface area contributed by atoms with Gasteiger partial charge in [-0.1, -0.05) is 24.3 Å². The molecular weight excluding hydrogens is 278 g/mol. The summed E-state index contributed by atoms with van der Waals surface area (Å²) in [7, 11) is 0. The van der Waals surface area contributed by atoms with Crippen molar-refractivity contribution in [2.45, 2.75) is 33.7 Å². The van der Waals surface area contributed by atoms with Crippen LogP contribution in [0.15, 0.2) is 30.5 Å². The van der Waals surface area contributed by atoms with Crippen LogP contribution in [0.1, 0.15) is 27.4 Å². The van der Waals surface area contributed by atoms with Gasteiger partial charge < -0.3 is 5.32 Å². The topological polar surface area (TPSA) is 29.3 Å². The van der Waals surface area contributed by atoms with Crippen molar-refractivity contribution in [2.24, 2.45) is 0 Å². The Kier molecular flexibility index (Phi) is 4.08. The average molecular weight is 299 g/mol. The summed E-state index contributed by atoms with van der Waals surface area (Å²) in [5.41, 5.74) is 5.20. The second kappa shape index (κ2) is 6.00. The molecular formula is C17H21N3S. The maximum absolute atomic E-state index is 4.63. The van der Waals surface area contributed by atoms with Crippen molar-refractivity contribution in [3.8, 4) is 0 Å². The zero-order valence-electron chi connectivity index (χ0n) is 12.8. The molecule has 0 saturated heterocycles. The highest BCUT2D eigenvalue weighted by molar-refractivity contribution is 7.17. The number of fused-ring (bicyclic) bond motifs is 1. The number of hydrogen-bond donors (Lipinski definition) is 1. The average Bonchev–Trinajstić information content (AvgIpc) is 2.93. The molecule has 0 bridgehead atoms. The van der Waals surface area contributed by atoms with Gasteiger partial charge in [-0.2, -0.15) is 0 Å². The number of aromatic nitrogens is 2. The fourth-order valence-electron chi connectivity index (χ4n) is 2.64. The van der Waals surface area contributed by atoms with Gasteiger partial charge in [0.1, 0.15) is 0 Å². The fraction of sp³-hybridized carbons (Fsp3) is 0.353. The number of hydrogen-bond acceptors (Lipinski definition) is 3. The van der Waals surface area contributed by atoms with Gasteiger partial charge in [0.2, 0.25) is 0 Å². The number of benzene rings is 1. The normalized spacial score (nSPS) is 11.4. The predicted octanol–water partition coefficient (Wildman–Crippen LogP) is 3.65. The summed E-state index contributed by atoms with van der Waals surface area (Å²) in [5, 5.41) is 3.55. The van der Waals surface area contributed by atoms with E-state index in [2.05, 4.69) is 65.9 Å². The molecule has 2 aromatic heterocycles. The first kappa shape index (κ1) is 14.3. The maximum atomic E-state index is 4.63. The highest BCUT2D eigenvalue weighted by atomic mass is 32.1. The van der Waals surface area contributed by atoms with Gasteiger partial charge in [-0.3, -0.25) is 4.40 Å². The number of nitrogens with zero attached hydrogens (tertiary/aromatic N) is 2. The Balaban J connectivity index is 1.62. The molecule has 0 saturated carbocycles. The molecule has 110 valence electrons. The minimum Gasteiger partial charge on any atom is -0.311 e. The van der Waals surface area contributed by atoms with Crippen molar-refractivity contribution < 1.29 is 0 Å². The van der Waals surface area contributed by atoms with Crippen LogP contribution in [0.2, 0.25) is 0 Å². The molecule has 0 aliphatic carbocycles. The molecule has 0 fully saturated rings. The van der Waals surface area contributed by atoms with Crippen molar-refractivity contribution in [2.75, 3.05) is 6.54 Å². The number of rotatable bonds is 5. The third-order valence-corrected chi connectivity index (χ3v) is 4.76. The van der Waals surface area contributed by atoms with Crippen molar-refractivity contribution in [1.82, 2.24) is 14.7 Å². The van der Waals surface area contributed by atoms with Gasteiger partial charge in [-0.15, -0.1) is 11.3 Å². The number of thiazole rings is 1. The van der Waals surface area contributed by atoms with E-state index in [1.165, 1.54) is 21.7 Å². The Hall–Kier alpha value is -1.65. The quantitative estimate of drug-likeness (QED) is 0.729. The number of aryl methyl sites for hydroxylation is 3. The van der Waals surface area contributed by atoms with Crippen molar-refractivity contribution >= 4 is 16.3 Å². The zero-order valence-corrected chi connectivity index (χ0v) is 13.6. The van der Waals surface area contributed by atoms with Crippen molar-refractivity contribution in [1.29, 1.82) is 0 Å². The Morgan fingerprint density at radius 3 is 2.81 bits per heavy atom. The molecule has 0 aliphatic heterocycles. The largest absolute Gasteiger partial charge is 0.311 e. The fourth-order valence-corrected chi connectivity index (χ4v) is 3.53. The van der Waals surface area contributed by atoms with E-state index >= 15 is 0 Å². The van der Waals surface area contributed by atoms with Crippen LogP contribution in [-0.2, 0) is 13.0 Å². The van der Waals surface area contributed by atoms with E-state index in [0.29, 0.717) is 0 Å². The monoisotopic (exact) mass is 299 g/mol. The lowest BCUT2D eigenvalue weighted by atomic mass is 10.1. The van der Waals surface area contributed by atoms with Crippen LogP contribution in [0.25, 0.3) is 4.96 Å². The van der Waals surface area contributed by atoms with E-state index < -0.39 is 0 Å². The molecule has 0 unspecified atom stereocenters. The Bertz CT molecular complexity index is 755. The molecule has 3 aromatic rings. The van der Waals surface area contributed by atoms with Gasteiger partial charge in [0.05, 0.1) is 11.4 Å². The summed E-state index contributed by atoms with van der Waals surface area (Å²) < 4.78 is 2.22. The highest BCUT2D eigenvalue weighted by Gasteiger charge is 2.10. The highest BCUT2D eigenvalue weighted by Crippen LogP contribution is 2.20. The summed E-state index contributed by atoms with van der Waals surface area (Å²) in [4.78, 5) is 7.03. The lowest BCUT2D eigenvalue weighted by Crippen LogP contribution is -2.18. The molecule has 2 heterocycles. The third kappa shape index (κ3) is 3.01. The molecule has 4 heteroatoms. The molecule has 1 N–H and O–H groups in total. The summed E-state index contributed by atoms with van der Waals surface area (Å²) >= 11 is 1.75. The van der Waals surface area contributed by atoms with Crippen LogP contribution in [0.5, 0.6) is 0 Å². The minimum absolute atomic E-state index is 0.870. The van der Waals surface area contributed by atoms with E-state index in [-0.39, 0.29) is 0 Å². The van der Waals surface area contributed by atoms with Crippen molar-refractivity contribution in [3.05, 3.63) is 57.9 Å². The van der Waals surface area contributed by atoms with E-state index in [4.69, 9.17) is 0 Å². The van der Waals surface area contributed by atoms with Crippen LogP contribution in [0, 0.1) is 20.8 Å². The number of imidazole rings is 1. The van der Waals surface area contributed by atoms with Gasteiger partial charge in [0.25, 0.3) is 0 Å². The molecule has 3 rings (SSSR count). The lowest BCUT2D eigenvalue weighted by molar-refractivity contribution is 0.667. The summed E-state index contributed by atoms with van der Waals surface area (Å²) in [6, 6.07) is 8.59. The van der Waals surface area contributed by atoms with Crippen LogP contribution >= 0.6 is 11.3 Å². The van der Waals surface area contributed by atoms with Crippen LogP contribution in [0.3, 0.4) is 0 Å². The first-order valence-electron chi connectivity index (χ1n) is 7.34. The molecule has 0 aliphatic rings. The van der Waals surface area contributed by atoms with Gasteiger partial charge in [-0.05, 0) is 44.9 Å². The molecule has 0 radical (unpaired) electrons. The Labute approximate surface area is 129 Å². The van der Waals surface area contributed by atoms with E-state index in [0.717, 1.165) is 30.2 Å². The third-order valence-electron chi connectivity index (χ3n) is 3.87. The van der Waals surface area contributed by atoms with E-state index in [9.17, 15) is 0 Å². The van der Waals surface area contributed by atoms with Gasteiger partial charge in [0, 0.05) is 17.6 Å². The van der Waals surface area contributed by atoms with Crippen molar-refractivity contribution in [3.63, 3.8) is 0 Å². The molecule has 0 atom stereocenters.